The van der Waals surface area contributed by atoms with Crippen molar-refractivity contribution in [2.75, 3.05) is 40.5 Å². The van der Waals surface area contributed by atoms with Gasteiger partial charge in [-0.25, -0.2) is 0 Å². The number of hydrogen-bond acceptors (Lipinski definition) is 6. The minimum Gasteiger partial charge on any atom is -0.497 e. The van der Waals surface area contributed by atoms with Crippen LogP contribution in [0.4, 0.5) is 0 Å². The van der Waals surface area contributed by atoms with E-state index in [9.17, 15) is 14.4 Å². The molecule has 0 bridgehead atoms. The summed E-state index contributed by atoms with van der Waals surface area (Å²) in [6.07, 6.45) is 7.32. The lowest BCUT2D eigenvalue weighted by Gasteiger charge is -2.43. The van der Waals surface area contributed by atoms with Crippen molar-refractivity contribution in [2.24, 2.45) is 17.6 Å². The van der Waals surface area contributed by atoms with Crippen LogP contribution in [0.3, 0.4) is 0 Å². The smallest absolute Gasteiger partial charge is 0.254 e. The van der Waals surface area contributed by atoms with Crippen LogP contribution in [0.15, 0.2) is 24.3 Å². The summed E-state index contributed by atoms with van der Waals surface area (Å²) in [5, 5.41) is 3.16. The van der Waals surface area contributed by atoms with Crippen LogP contribution in [0.25, 0.3) is 0 Å². The molecule has 3 aliphatic rings. The number of piperidine rings is 1. The number of carbonyl (C=O) groups is 3. The van der Waals surface area contributed by atoms with E-state index in [1.807, 2.05) is 4.90 Å². The van der Waals surface area contributed by atoms with E-state index in [1.54, 1.807) is 36.3 Å². The summed E-state index contributed by atoms with van der Waals surface area (Å²) >= 11 is 0. The molecule has 9 nitrogen and oxygen atoms in total. The maximum Gasteiger partial charge on any atom is 0.254 e. The molecule has 3 amide bonds. The number of amides is 3. The van der Waals surface area contributed by atoms with Gasteiger partial charge in [0.2, 0.25) is 11.8 Å². The summed E-state index contributed by atoms with van der Waals surface area (Å²) in [4.78, 5) is 43.7. The Morgan fingerprint density at radius 2 is 1.76 bits per heavy atom. The van der Waals surface area contributed by atoms with E-state index < -0.39 is 6.04 Å². The highest BCUT2D eigenvalue weighted by Gasteiger charge is 2.44. The van der Waals surface area contributed by atoms with Gasteiger partial charge in [-0.15, -0.1) is 0 Å². The Balaban J connectivity index is 1.49. The molecule has 37 heavy (non-hydrogen) atoms. The van der Waals surface area contributed by atoms with E-state index in [4.69, 9.17) is 15.2 Å². The monoisotopic (exact) mass is 514 g/mol. The van der Waals surface area contributed by atoms with Gasteiger partial charge in [0.1, 0.15) is 18.4 Å². The van der Waals surface area contributed by atoms with Crippen molar-refractivity contribution in [1.82, 2.24) is 15.1 Å². The minimum absolute atomic E-state index is 0.0296. The highest BCUT2D eigenvalue weighted by atomic mass is 16.5. The van der Waals surface area contributed by atoms with E-state index >= 15 is 0 Å². The Kier molecular flexibility index (Phi) is 9.43. The van der Waals surface area contributed by atoms with Gasteiger partial charge < -0.3 is 30.3 Å². The molecule has 204 valence electrons. The molecular formula is C28H42N4O5. The van der Waals surface area contributed by atoms with Crippen molar-refractivity contribution in [2.45, 2.75) is 69.5 Å². The summed E-state index contributed by atoms with van der Waals surface area (Å²) in [5.41, 5.74) is 6.32. The van der Waals surface area contributed by atoms with Crippen LogP contribution >= 0.6 is 0 Å². The molecule has 0 spiro atoms. The number of hydrogen-bond donors (Lipinski definition) is 2. The summed E-state index contributed by atoms with van der Waals surface area (Å²) in [7, 11) is 3.09. The van der Waals surface area contributed by atoms with E-state index in [2.05, 4.69) is 5.32 Å². The summed E-state index contributed by atoms with van der Waals surface area (Å²) < 4.78 is 10.4. The first-order valence-electron chi connectivity index (χ1n) is 13.7. The number of likely N-dealkylation sites (tertiary alicyclic amines) is 1. The van der Waals surface area contributed by atoms with Crippen molar-refractivity contribution in [3.05, 3.63) is 29.8 Å². The molecule has 3 fully saturated rings. The summed E-state index contributed by atoms with van der Waals surface area (Å²) in [5.74, 6) is 1.23. The van der Waals surface area contributed by atoms with Gasteiger partial charge in [0.25, 0.3) is 5.91 Å². The van der Waals surface area contributed by atoms with Gasteiger partial charge >= 0.3 is 0 Å². The van der Waals surface area contributed by atoms with Crippen molar-refractivity contribution >= 4 is 17.7 Å². The van der Waals surface area contributed by atoms with Gasteiger partial charge in [0.05, 0.1) is 7.11 Å². The van der Waals surface area contributed by atoms with Gasteiger partial charge in [-0.05, 0) is 87.9 Å². The molecule has 0 aromatic heterocycles. The molecule has 0 radical (unpaired) electrons. The number of benzene rings is 1. The van der Waals surface area contributed by atoms with Gasteiger partial charge in [-0.1, -0.05) is 6.07 Å². The summed E-state index contributed by atoms with van der Waals surface area (Å²) in [6, 6.07) is 6.49. The van der Waals surface area contributed by atoms with Gasteiger partial charge in [-0.2, -0.15) is 0 Å². The second-order valence-electron chi connectivity index (χ2n) is 10.8. The molecule has 1 aliphatic heterocycles. The highest BCUT2D eigenvalue weighted by molar-refractivity contribution is 5.98. The minimum atomic E-state index is -0.644. The molecule has 1 unspecified atom stereocenters. The fraction of sp³-hybridized carbons (Fsp3) is 0.679. The lowest BCUT2D eigenvalue weighted by atomic mass is 9.82. The number of rotatable bonds is 10. The second-order valence-corrected chi connectivity index (χ2v) is 10.8. The van der Waals surface area contributed by atoms with Gasteiger partial charge in [0, 0.05) is 37.8 Å². The predicted octanol–water partition coefficient (Wildman–Crippen LogP) is 2.19. The number of nitrogens with zero attached hydrogens (tertiary/aromatic N) is 2. The number of methoxy groups -OCH3 is 2. The lowest BCUT2D eigenvalue weighted by Crippen LogP contribution is -2.59. The molecule has 1 aromatic carbocycles. The van der Waals surface area contributed by atoms with Crippen LogP contribution in [0.1, 0.15) is 61.7 Å². The molecule has 2 saturated carbocycles. The van der Waals surface area contributed by atoms with Crippen molar-refractivity contribution in [3.63, 3.8) is 0 Å². The van der Waals surface area contributed by atoms with E-state index in [0.717, 1.165) is 45.1 Å². The van der Waals surface area contributed by atoms with Crippen LogP contribution in [-0.2, 0) is 14.3 Å². The van der Waals surface area contributed by atoms with Gasteiger partial charge in [-0.3, -0.25) is 14.4 Å². The zero-order chi connectivity index (χ0) is 26.4. The second kappa shape index (κ2) is 12.7. The Morgan fingerprint density at radius 3 is 2.41 bits per heavy atom. The van der Waals surface area contributed by atoms with Crippen LogP contribution in [0, 0.1) is 11.8 Å². The molecule has 1 saturated heterocycles. The predicted molar refractivity (Wildman–Crippen MR) is 140 cm³/mol. The maximum atomic E-state index is 13.6. The third-order valence-corrected chi connectivity index (χ3v) is 8.21. The fourth-order valence-corrected chi connectivity index (χ4v) is 5.90. The van der Waals surface area contributed by atoms with E-state index in [1.165, 1.54) is 7.11 Å². The Hall–Kier alpha value is -2.65. The van der Waals surface area contributed by atoms with Crippen LogP contribution in [0.2, 0.25) is 0 Å². The first-order chi connectivity index (χ1) is 17.9. The molecule has 9 heteroatoms. The van der Waals surface area contributed by atoms with Crippen LogP contribution < -0.4 is 15.8 Å². The van der Waals surface area contributed by atoms with Crippen molar-refractivity contribution < 1.29 is 23.9 Å². The third-order valence-electron chi connectivity index (χ3n) is 8.21. The average molecular weight is 515 g/mol. The molecule has 4 rings (SSSR count). The summed E-state index contributed by atoms with van der Waals surface area (Å²) in [6.45, 7) is 1.77. The molecular weight excluding hydrogens is 472 g/mol. The first-order valence-corrected chi connectivity index (χ1v) is 13.7. The van der Waals surface area contributed by atoms with E-state index in [-0.39, 0.29) is 36.4 Å². The molecule has 2 aliphatic carbocycles. The highest BCUT2D eigenvalue weighted by Crippen LogP contribution is 2.34. The number of nitrogens with one attached hydrogen (secondary N) is 1. The molecule has 1 aromatic rings. The zero-order valence-electron chi connectivity index (χ0n) is 22.2. The Bertz CT molecular complexity index is 944. The number of nitrogens with two attached hydrogens (primary N) is 1. The van der Waals surface area contributed by atoms with Gasteiger partial charge in [0.15, 0.2) is 0 Å². The topological polar surface area (TPSA) is 114 Å². The molecule has 1 heterocycles. The third kappa shape index (κ3) is 6.82. The lowest BCUT2D eigenvalue weighted by molar-refractivity contribution is -0.141. The normalized spacial score (nSPS) is 25.9. The standard InChI is InChI=1S/C28H42N4O5/c1-36-18-26(33)32(22-10-11-22)23-12-13-31(28(35)21-4-3-5-24(14-21)37-2)25(15-23)27(34)30-17-20-8-6-19(16-29)7-9-20/h3-5,14,19-20,22-23,25H,6-13,15-18,29H2,1-2H3,(H,30,34)/t19?,20?,23?,25-/m1/s1. The SMILES string of the molecule is COCC(=O)N(C1CC1)C1CCN(C(=O)c2cccc(OC)c2)[C@@H](C(=O)NCC2CCC(CN)CC2)C1. The van der Waals surface area contributed by atoms with Crippen LogP contribution in [0.5, 0.6) is 5.75 Å². The number of ether oxygens (including phenoxy) is 2. The molecule has 3 N–H and O–H groups in total. The first kappa shape index (κ1) is 27.4. The van der Waals surface area contributed by atoms with E-state index in [0.29, 0.717) is 49.1 Å². The maximum absolute atomic E-state index is 13.6. The molecule has 2 atom stereocenters. The number of carbonyl (C=O) groups excluding carboxylic acids is 3. The van der Waals surface area contributed by atoms with Crippen molar-refractivity contribution in [1.29, 1.82) is 0 Å². The quantitative estimate of drug-likeness (QED) is 0.495. The van der Waals surface area contributed by atoms with Crippen LogP contribution in [-0.4, -0.2) is 86.1 Å². The Morgan fingerprint density at radius 1 is 1.03 bits per heavy atom. The zero-order valence-corrected chi connectivity index (χ0v) is 22.2. The largest absolute Gasteiger partial charge is 0.497 e. The fourth-order valence-electron chi connectivity index (χ4n) is 5.90. The average Bonchev–Trinajstić information content (AvgIpc) is 3.77. The Labute approximate surface area is 220 Å². The van der Waals surface area contributed by atoms with Crippen molar-refractivity contribution in [3.8, 4) is 5.75 Å².